The predicted octanol–water partition coefficient (Wildman–Crippen LogP) is 5.64. The number of aryl methyl sites for hydroxylation is 1. The molecular formula is C17H18BrClFN. The molecule has 2 rings (SSSR count). The van der Waals surface area contributed by atoms with Crippen molar-refractivity contribution >= 4 is 27.5 Å². The highest BCUT2D eigenvalue weighted by molar-refractivity contribution is 9.10. The number of rotatable bonds is 5. The van der Waals surface area contributed by atoms with Crippen molar-refractivity contribution < 1.29 is 4.39 Å². The zero-order valence-electron chi connectivity index (χ0n) is 12.1. The number of hydrogen-bond donors (Lipinski definition) is 1. The van der Waals surface area contributed by atoms with Gasteiger partial charge in [0.2, 0.25) is 0 Å². The van der Waals surface area contributed by atoms with E-state index < -0.39 is 0 Å². The third kappa shape index (κ3) is 4.06. The standard InChI is InChI=1S/C17H18BrClFN/c1-3-8-21-17(12-4-7-16(20)11(2)9-12)14-6-5-13(19)10-15(14)18/h4-7,9-10,17,21H,3,8H2,1-2H3. The third-order valence-corrected chi connectivity index (χ3v) is 4.31. The van der Waals surface area contributed by atoms with Gasteiger partial charge >= 0.3 is 0 Å². The molecule has 1 unspecified atom stereocenters. The van der Waals surface area contributed by atoms with E-state index in [9.17, 15) is 4.39 Å². The van der Waals surface area contributed by atoms with E-state index in [-0.39, 0.29) is 11.9 Å². The maximum atomic E-state index is 13.5. The lowest BCUT2D eigenvalue weighted by Crippen LogP contribution is -2.23. The van der Waals surface area contributed by atoms with Crippen LogP contribution in [0.2, 0.25) is 5.02 Å². The highest BCUT2D eigenvalue weighted by Gasteiger charge is 2.17. The van der Waals surface area contributed by atoms with Gasteiger partial charge in [0.05, 0.1) is 6.04 Å². The van der Waals surface area contributed by atoms with Crippen molar-refractivity contribution in [2.45, 2.75) is 26.3 Å². The minimum atomic E-state index is -0.178. The van der Waals surface area contributed by atoms with Gasteiger partial charge in [-0.25, -0.2) is 4.39 Å². The van der Waals surface area contributed by atoms with Gasteiger partial charge in [0.15, 0.2) is 0 Å². The second-order valence-corrected chi connectivity index (χ2v) is 6.35. The van der Waals surface area contributed by atoms with Crippen molar-refractivity contribution in [3.63, 3.8) is 0 Å². The molecule has 0 aromatic heterocycles. The molecule has 112 valence electrons. The Labute approximate surface area is 138 Å². The Morgan fingerprint density at radius 3 is 2.62 bits per heavy atom. The zero-order valence-corrected chi connectivity index (χ0v) is 14.4. The number of halogens is 3. The fraction of sp³-hybridized carbons (Fsp3) is 0.294. The molecule has 21 heavy (non-hydrogen) atoms. The van der Waals surface area contributed by atoms with Gasteiger partial charge in [-0.05, 0) is 54.8 Å². The molecule has 0 aliphatic carbocycles. The molecule has 2 aromatic carbocycles. The summed E-state index contributed by atoms with van der Waals surface area (Å²) in [6, 6.07) is 11.0. The first-order valence-electron chi connectivity index (χ1n) is 6.97. The van der Waals surface area contributed by atoms with Crippen LogP contribution in [0.3, 0.4) is 0 Å². The highest BCUT2D eigenvalue weighted by Crippen LogP contribution is 2.31. The average Bonchev–Trinajstić information content (AvgIpc) is 2.44. The Bertz CT molecular complexity index is 630. The molecular weight excluding hydrogens is 353 g/mol. The number of nitrogens with one attached hydrogen (secondary N) is 1. The van der Waals surface area contributed by atoms with Crippen LogP contribution in [-0.4, -0.2) is 6.54 Å². The summed E-state index contributed by atoms with van der Waals surface area (Å²) in [5, 5.41) is 4.20. The van der Waals surface area contributed by atoms with Gasteiger partial charge in [-0.15, -0.1) is 0 Å². The Hall–Kier alpha value is -0.900. The quantitative estimate of drug-likeness (QED) is 0.718. The first-order valence-corrected chi connectivity index (χ1v) is 8.14. The Balaban J connectivity index is 2.44. The van der Waals surface area contributed by atoms with Crippen LogP contribution in [-0.2, 0) is 0 Å². The summed E-state index contributed by atoms with van der Waals surface area (Å²) in [5.74, 6) is -0.178. The maximum Gasteiger partial charge on any atom is 0.126 e. The van der Waals surface area contributed by atoms with Gasteiger partial charge in [-0.3, -0.25) is 0 Å². The second-order valence-electron chi connectivity index (χ2n) is 5.06. The fourth-order valence-electron chi connectivity index (χ4n) is 2.28. The van der Waals surface area contributed by atoms with Crippen LogP contribution >= 0.6 is 27.5 Å². The summed E-state index contributed by atoms with van der Waals surface area (Å²) in [4.78, 5) is 0. The Kier molecular flexibility index (Phi) is 5.80. The largest absolute Gasteiger partial charge is 0.306 e. The van der Waals surface area contributed by atoms with Crippen LogP contribution in [0, 0.1) is 12.7 Å². The molecule has 0 amide bonds. The zero-order chi connectivity index (χ0) is 15.4. The van der Waals surface area contributed by atoms with E-state index in [1.807, 2.05) is 30.3 Å². The van der Waals surface area contributed by atoms with Gasteiger partial charge in [-0.1, -0.05) is 52.7 Å². The summed E-state index contributed by atoms with van der Waals surface area (Å²) >= 11 is 9.59. The SMILES string of the molecule is CCCNC(c1ccc(F)c(C)c1)c1ccc(Cl)cc1Br. The smallest absolute Gasteiger partial charge is 0.126 e. The third-order valence-electron chi connectivity index (χ3n) is 3.39. The minimum Gasteiger partial charge on any atom is -0.306 e. The lowest BCUT2D eigenvalue weighted by atomic mass is 9.97. The maximum absolute atomic E-state index is 13.5. The molecule has 0 saturated carbocycles. The molecule has 0 aliphatic rings. The van der Waals surface area contributed by atoms with E-state index >= 15 is 0 Å². The van der Waals surface area contributed by atoms with Crippen molar-refractivity contribution in [3.05, 3.63) is 68.4 Å². The molecule has 0 heterocycles. The molecule has 0 fully saturated rings. The first kappa shape index (κ1) is 16.5. The lowest BCUT2D eigenvalue weighted by Gasteiger charge is -2.21. The van der Waals surface area contributed by atoms with Crippen molar-refractivity contribution in [2.75, 3.05) is 6.54 Å². The van der Waals surface area contributed by atoms with Crippen molar-refractivity contribution in [2.24, 2.45) is 0 Å². The predicted molar refractivity (Wildman–Crippen MR) is 90.4 cm³/mol. The minimum absolute atomic E-state index is 0.0101. The molecule has 0 spiro atoms. The highest BCUT2D eigenvalue weighted by atomic mass is 79.9. The van der Waals surface area contributed by atoms with Gasteiger partial charge in [0.1, 0.15) is 5.82 Å². The second kappa shape index (κ2) is 7.39. The normalized spacial score (nSPS) is 12.4. The molecule has 0 aliphatic heterocycles. The topological polar surface area (TPSA) is 12.0 Å². The summed E-state index contributed by atoms with van der Waals surface area (Å²) in [7, 11) is 0. The monoisotopic (exact) mass is 369 g/mol. The molecule has 1 atom stereocenters. The molecule has 0 bridgehead atoms. The van der Waals surface area contributed by atoms with E-state index in [2.05, 4.69) is 28.2 Å². The van der Waals surface area contributed by atoms with Crippen molar-refractivity contribution in [1.29, 1.82) is 0 Å². The average molecular weight is 371 g/mol. The van der Waals surface area contributed by atoms with E-state index in [0.717, 1.165) is 28.6 Å². The van der Waals surface area contributed by atoms with Crippen LogP contribution in [0.15, 0.2) is 40.9 Å². The molecule has 2 aromatic rings. The molecule has 1 nitrogen and oxygen atoms in total. The number of benzene rings is 2. The van der Waals surface area contributed by atoms with Crippen LogP contribution in [0.1, 0.15) is 36.1 Å². The molecule has 1 N–H and O–H groups in total. The van der Waals surface area contributed by atoms with Crippen LogP contribution < -0.4 is 5.32 Å². The van der Waals surface area contributed by atoms with Gasteiger partial charge in [0.25, 0.3) is 0 Å². The summed E-state index contributed by atoms with van der Waals surface area (Å²) < 4.78 is 14.5. The van der Waals surface area contributed by atoms with Crippen LogP contribution in [0.5, 0.6) is 0 Å². The molecule has 0 saturated heterocycles. The van der Waals surface area contributed by atoms with E-state index in [4.69, 9.17) is 11.6 Å². The Morgan fingerprint density at radius 2 is 2.00 bits per heavy atom. The fourth-order valence-corrected chi connectivity index (χ4v) is 3.19. The van der Waals surface area contributed by atoms with E-state index in [0.29, 0.717) is 10.6 Å². The lowest BCUT2D eigenvalue weighted by molar-refractivity contribution is 0.589. The van der Waals surface area contributed by atoms with Gasteiger partial charge in [0, 0.05) is 9.50 Å². The Morgan fingerprint density at radius 1 is 1.24 bits per heavy atom. The van der Waals surface area contributed by atoms with Gasteiger partial charge < -0.3 is 5.32 Å². The molecule has 4 heteroatoms. The van der Waals surface area contributed by atoms with Crippen LogP contribution in [0.25, 0.3) is 0 Å². The van der Waals surface area contributed by atoms with Gasteiger partial charge in [-0.2, -0.15) is 0 Å². The van der Waals surface area contributed by atoms with E-state index in [1.165, 1.54) is 6.07 Å². The first-order chi connectivity index (χ1) is 10.0. The molecule has 0 radical (unpaired) electrons. The summed E-state index contributed by atoms with van der Waals surface area (Å²) in [5.41, 5.74) is 2.80. The van der Waals surface area contributed by atoms with E-state index in [1.54, 1.807) is 6.92 Å². The van der Waals surface area contributed by atoms with Crippen LogP contribution in [0.4, 0.5) is 4.39 Å². The number of hydrogen-bond acceptors (Lipinski definition) is 1. The summed E-state index contributed by atoms with van der Waals surface area (Å²) in [6.07, 6.45) is 1.03. The summed E-state index contributed by atoms with van der Waals surface area (Å²) in [6.45, 7) is 4.79. The van der Waals surface area contributed by atoms with Crippen molar-refractivity contribution in [1.82, 2.24) is 5.32 Å². The van der Waals surface area contributed by atoms with Crippen molar-refractivity contribution in [3.8, 4) is 0 Å².